The van der Waals surface area contributed by atoms with E-state index >= 15 is 0 Å². The molecule has 1 amide bonds. The van der Waals surface area contributed by atoms with E-state index in [1.807, 2.05) is 0 Å². The Morgan fingerprint density at radius 2 is 1.80 bits per heavy atom. The number of amides is 1. The van der Waals surface area contributed by atoms with Gasteiger partial charge in [-0.15, -0.1) is 0 Å². The van der Waals surface area contributed by atoms with E-state index in [2.05, 4.69) is 20.5 Å². The van der Waals surface area contributed by atoms with Crippen LogP contribution in [0, 0.1) is 13.8 Å². The number of carbonyl (C=O) groups is 1. The van der Waals surface area contributed by atoms with E-state index in [0.717, 1.165) is 22.9 Å². The molecule has 0 spiro atoms. The number of rotatable bonds is 5. The van der Waals surface area contributed by atoms with E-state index in [1.54, 1.807) is 0 Å². The van der Waals surface area contributed by atoms with Crippen molar-refractivity contribution < 1.29 is 31.1 Å². The van der Waals surface area contributed by atoms with Crippen LogP contribution in [-0.2, 0) is 30.2 Å². The number of nitrogens with zero attached hydrogens (tertiary/aromatic N) is 5. The average molecular weight is 496 g/mol. The fraction of sp³-hybridized carbons (Fsp3) is 0.273. The lowest BCUT2D eigenvalue weighted by atomic mass is 10.1. The van der Waals surface area contributed by atoms with Gasteiger partial charge in [0.15, 0.2) is 5.65 Å². The number of nitrogens with one attached hydrogen (secondary N) is 1. The minimum Gasteiger partial charge on any atom is -0.322 e. The molecule has 4 aromatic rings. The lowest BCUT2D eigenvalue weighted by Gasteiger charge is -2.10. The number of pyridine rings is 1. The fourth-order valence-electron chi connectivity index (χ4n) is 3.70. The molecule has 35 heavy (non-hydrogen) atoms. The highest BCUT2D eigenvalue weighted by Crippen LogP contribution is 2.36. The van der Waals surface area contributed by atoms with Gasteiger partial charge in [-0.05, 0) is 37.6 Å². The van der Waals surface area contributed by atoms with Crippen molar-refractivity contribution in [2.24, 2.45) is 0 Å². The van der Waals surface area contributed by atoms with Crippen LogP contribution < -0.4 is 5.32 Å². The van der Waals surface area contributed by atoms with Gasteiger partial charge in [0.05, 0.1) is 40.6 Å². The molecule has 13 heteroatoms. The molecular formula is C22H18F6N6O. The summed E-state index contributed by atoms with van der Waals surface area (Å²) in [5.74, 6) is -0.593. The van der Waals surface area contributed by atoms with Crippen LogP contribution in [0.3, 0.4) is 0 Å². The van der Waals surface area contributed by atoms with Crippen molar-refractivity contribution in [1.82, 2.24) is 24.5 Å². The normalized spacial score (nSPS) is 12.3. The first-order valence-corrected chi connectivity index (χ1v) is 10.2. The smallest absolute Gasteiger partial charge is 0.322 e. The third kappa shape index (κ3) is 5.28. The first-order valence-electron chi connectivity index (χ1n) is 10.2. The predicted octanol–water partition coefficient (Wildman–Crippen LogP) is 4.97. The quantitative estimate of drug-likeness (QED) is 0.396. The fourth-order valence-corrected chi connectivity index (χ4v) is 3.70. The van der Waals surface area contributed by atoms with E-state index in [-0.39, 0.29) is 34.7 Å². The summed E-state index contributed by atoms with van der Waals surface area (Å²) >= 11 is 0. The molecule has 3 aromatic heterocycles. The summed E-state index contributed by atoms with van der Waals surface area (Å²) in [7, 11) is 0. The molecule has 0 saturated heterocycles. The molecular weight excluding hydrogens is 478 g/mol. The standard InChI is InChI=1S/C22H18F6N6O/c1-12-6-17(22(26,27)28)19-13(2)32-34(20(19)30-12)11-18(35)31-16-8-29-33(10-16)9-14-4-3-5-15(7-14)21(23,24)25/h3-8,10H,9,11H2,1-2H3,(H,31,35). The number of alkyl halides is 6. The Kier molecular flexibility index (Phi) is 6.03. The van der Waals surface area contributed by atoms with Gasteiger partial charge in [0.1, 0.15) is 6.54 Å². The van der Waals surface area contributed by atoms with Gasteiger partial charge in [-0.1, -0.05) is 12.1 Å². The van der Waals surface area contributed by atoms with E-state index in [1.165, 1.54) is 43.1 Å². The number of aryl methyl sites for hydroxylation is 2. The summed E-state index contributed by atoms with van der Waals surface area (Å²) < 4.78 is 81.5. The second-order valence-electron chi connectivity index (χ2n) is 7.92. The van der Waals surface area contributed by atoms with Crippen LogP contribution in [0.25, 0.3) is 11.0 Å². The topological polar surface area (TPSA) is 77.6 Å². The van der Waals surface area contributed by atoms with E-state index < -0.39 is 35.9 Å². The Morgan fingerprint density at radius 1 is 1.06 bits per heavy atom. The van der Waals surface area contributed by atoms with Gasteiger partial charge >= 0.3 is 12.4 Å². The third-order valence-corrected chi connectivity index (χ3v) is 5.12. The molecule has 0 fully saturated rings. The molecule has 1 aromatic carbocycles. The molecule has 4 rings (SSSR count). The van der Waals surface area contributed by atoms with E-state index in [9.17, 15) is 31.1 Å². The number of hydrogen-bond donors (Lipinski definition) is 1. The SMILES string of the molecule is Cc1cc(C(F)(F)F)c2c(C)nn(CC(=O)Nc3cnn(Cc4cccc(C(F)(F)F)c4)c3)c2n1. The minimum atomic E-state index is -4.61. The molecule has 1 N–H and O–H groups in total. The molecule has 0 aliphatic rings. The maximum absolute atomic E-state index is 13.5. The number of halogens is 6. The molecule has 0 atom stereocenters. The van der Waals surface area contributed by atoms with Gasteiger partial charge in [-0.3, -0.25) is 9.48 Å². The Balaban J connectivity index is 1.49. The Labute approximate surface area is 194 Å². The number of fused-ring (bicyclic) bond motifs is 1. The molecule has 0 saturated carbocycles. The summed E-state index contributed by atoms with van der Waals surface area (Å²) in [5.41, 5.74) is -0.888. The van der Waals surface area contributed by atoms with Crippen molar-refractivity contribution in [3.8, 4) is 0 Å². The van der Waals surface area contributed by atoms with Gasteiger partial charge in [-0.2, -0.15) is 36.5 Å². The number of aromatic nitrogens is 5. The van der Waals surface area contributed by atoms with Crippen molar-refractivity contribution in [3.05, 3.63) is 70.8 Å². The summed E-state index contributed by atoms with van der Waals surface area (Å²) in [6, 6.07) is 5.72. The minimum absolute atomic E-state index is 0.0339. The maximum Gasteiger partial charge on any atom is 0.417 e. The van der Waals surface area contributed by atoms with Crippen LogP contribution in [-0.4, -0.2) is 30.5 Å². The van der Waals surface area contributed by atoms with E-state index in [0.29, 0.717) is 5.56 Å². The number of benzene rings is 1. The average Bonchev–Trinajstić information content (AvgIpc) is 3.30. The van der Waals surface area contributed by atoms with Crippen molar-refractivity contribution in [3.63, 3.8) is 0 Å². The number of anilines is 1. The third-order valence-electron chi connectivity index (χ3n) is 5.12. The molecule has 3 heterocycles. The van der Waals surface area contributed by atoms with Crippen LogP contribution in [0.15, 0.2) is 42.7 Å². The zero-order chi connectivity index (χ0) is 25.5. The van der Waals surface area contributed by atoms with Gasteiger partial charge in [0.2, 0.25) is 5.91 Å². The van der Waals surface area contributed by atoms with Crippen LogP contribution in [0.2, 0.25) is 0 Å². The Morgan fingerprint density at radius 3 is 2.49 bits per heavy atom. The highest BCUT2D eigenvalue weighted by Gasteiger charge is 2.35. The summed E-state index contributed by atoms with van der Waals surface area (Å²) in [5, 5.41) is 10.5. The largest absolute Gasteiger partial charge is 0.417 e. The van der Waals surface area contributed by atoms with Gasteiger partial charge in [0.25, 0.3) is 0 Å². The van der Waals surface area contributed by atoms with Crippen molar-refractivity contribution in [2.75, 3.05) is 5.32 Å². The molecule has 184 valence electrons. The first-order chi connectivity index (χ1) is 16.3. The highest BCUT2D eigenvalue weighted by molar-refractivity contribution is 5.91. The van der Waals surface area contributed by atoms with Crippen LogP contribution in [0.4, 0.5) is 32.0 Å². The lowest BCUT2D eigenvalue weighted by Crippen LogP contribution is -2.19. The zero-order valence-electron chi connectivity index (χ0n) is 18.4. The molecule has 7 nitrogen and oxygen atoms in total. The van der Waals surface area contributed by atoms with Gasteiger partial charge < -0.3 is 5.32 Å². The summed E-state index contributed by atoms with van der Waals surface area (Å²) in [6.07, 6.45) is -6.35. The van der Waals surface area contributed by atoms with Crippen LogP contribution in [0.5, 0.6) is 0 Å². The number of hydrogen-bond acceptors (Lipinski definition) is 4. The zero-order valence-corrected chi connectivity index (χ0v) is 18.4. The summed E-state index contributed by atoms with van der Waals surface area (Å²) in [6.45, 7) is 2.45. The summed E-state index contributed by atoms with van der Waals surface area (Å²) in [4.78, 5) is 16.7. The predicted molar refractivity (Wildman–Crippen MR) is 113 cm³/mol. The first kappa shape index (κ1) is 24.2. The maximum atomic E-state index is 13.5. The highest BCUT2D eigenvalue weighted by atomic mass is 19.4. The van der Waals surface area contributed by atoms with Crippen molar-refractivity contribution in [2.45, 2.75) is 39.3 Å². The van der Waals surface area contributed by atoms with Crippen molar-refractivity contribution >= 4 is 22.6 Å². The molecule has 0 aliphatic carbocycles. The van der Waals surface area contributed by atoms with Crippen molar-refractivity contribution in [1.29, 1.82) is 0 Å². The monoisotopic (exact) mass is 496 g/mol. The van der Waals surface area contributed by atoms with Gasteiger partial charge in [0, 0.05) is 11.9 Å². The Hall–Kier alpha value is -3.90. The second kappa shape index (κ2) is 8.71. The molecule has 0 radical (unpaired) electrons. The molecule has 0 bridgehead atoms. The molecule has 0 aliphatic heterocycles. The van der Waals surface area contributed by atoms with E-state index in [4.69, 9.17) is 0 Å². The van der Waals surface area contributed by atoms with Crippen LogP contribution >= 0.6 is 0 Å². The van der Waals surface area contributed by atoms with Gasteiger partial charge in [-0.25, -0.2) is 9.67 Å². The molecule has 0 unspecified atom stereocenters. The van der Waals surface area contributed by atoms with Crippen LogP contribution in [0.1, 0.15) is 28.1 Å². The number of carbonyl (C=O) groups excluding carboxylic acids is 1. The Bertz CT molecular complexity index is 1400. The second-order valence-corrected chi connectivity index (χ2v) is 7.92. The lowest BCUT2D eigenvalue weighted by molar-refractivity contribution is -0.138.